The van der Waals surface area contributed by atoms with Crippen molar-refractivity contribution in [2.75, 3.05) is 5.32 Å². The number of fused-ring (bicyclic) bond motifs is 1. The number of alkyl halides is 5. The third-order valence-electron chi connectivity index (χ3n) is 3.49. The van der Waals surface area contributed by atoms with Crippen molar-refractivity contribution in [1.82, 2.24) is 0 Å². The summed E-state index contributed by atoms with van der Waals surface area (Å²) < 4.78 is 74.4. The predicted octanol–water partition coefficient (Wildman–Crippen LogP) is 4.59. The van der Waals surface area contributed by atoms with Gasteiger partial charge in [0, 0.05) is 17.8 Å². The first kappa shape index (κ1) is 19.1. The average molecular weight is 407 g/mol. The van der Waals surface area contributed by atoms with E-state index in [1.54, 1.807) is 0 Å². The molecule has 0 atom stereocenters. The van der Waals surface area contributed by atoms with E-state index in [9.17, 15) is 42.2 Å². The summed E-state index contributed by atoms with van der Waals surface area (Å²) in [7, 11) is 0. The largest absolute Gasteiger partial charge is 0.586 e. The molecule has 14 heteroatoms. The SMILES string of the molecule is O=[N+]([O-])c1cc([N+](=O)[O-])c(Nc2ccc3c(c2)OC(F)(F)O3)c(C(F)(F)F)c1. The summed E-state index contributed by atoms with van der Waals surface area (Å²) in [6.45, 7) is 0. The van der Waals surface area contributed by atoms with Crippen LogP contribution in [0.2, 0.25) is 0 Å². The van der Waals surface area contributed by atoms with Crippen LogP contribution in [0.25, 0.3) is 0 Å². The van der Waals surface area contributed by atoms with Crippen molar-refractivity contribution >= 4 is 22.7 Å². The number of nitro benzene ring substituents is 2. The number of halogens is 5. The highest BCUT2D eigenvalue weighted by Gasteiger charge is 2.44. The van der Waals surface area contributed by atoms with E-state index in [4.69, 9.17) is 0 Å². The van der Waals surface area contributed by atoms with Crippen molar-refractivity contribution in [3.63, 3.8) is 0 Å². The molecule has 1 N–H and O–H groups in total. The molecule has 0 amide bonds. The van der Waals surface area contributed by atoms with Crippen LogP contribution in [-0.2, 0) is 6.18 Å². The topological polar surface area (TPSA) is 117 Å². The van der Waals surface area contributed by atoms with Crippen LogP contribution < -0.4 is 14.8 Å². The molecule has 1 aliphatic heterocycles. The molecule has 1 heterocycles. The lowest BCUT2D eigenvalue weighted by molar-refractivity contribution is -0.394. The van der Waals surface area contributed by atoms with Crippen LogP contribution in [0.3, 0.4) is 0 Å². The van der Waals surface area contributed by atoms with Gasteiger partial charge in [0.25, 0.3) is 11.4 Å². The van der Waals surface area contributed by atoms with Gasteiger partial charge in [0.1, 0.15) is 5.69 Å². The van der Waals surface area contributed by atoms with E-state index < -0.39 is 56.4 Å². The van der Waals surface area contributed by atoms with Crippen LogP contribution in [0.4, 0.5) is 44.7 Å². The average Bonchev–Trinajstić information content (AvgIpc) is 2.86. The molecule has 0 aliphatic carbocycles. The first-order chi connectivity index (χ1) is 12.9. The minimum Gasteiger partial charge on any atom is -0.395 e. The number of rotatable bonds is 4. The Kier molecular flexibility index (Phi) is 4.20. The van der Waals surface area contributed by atoms with Crippen molar-refractivity contribution in [3.8, 4) is 11.5 Å². The van der Waals surface area contributed by atoms with Gasteiger partial charge in [-0.25, -0.2) is 0 Å². The number of ether oxygens (including phenoxy) is 2. The van der Waals surface area contributed by atoms with E-state index in [2.05, 4.69) is 14.8 Å². The third kappa shape index (κ3) is 3.56. The lowest BCUT2D eigenvalue weighted by Gasteiger charge is -2.15. The number of nitrogens with zero attached hydrogens (tertiary/aromatic N) is 2. The minimum absolute atomic E-state index is 0.121. The number of anilines is 2. The molecule has 2 aromatic rings. The van der Waals surface area contributed by atoms with Gasteiger partial charge >= 0.3 is 12.5 Å². The molecule has 0 radical (unpaired) electrons. The number of benzene rings is 2. The van der Waals surface area contributed by atoms with Gasteiger partial charge in [-0.05, 0) is 12.1 Å². The Hall–Kier alpha value is -3.71. The Morgan fingerprint density at radius 2 is 1.61 bits per heavy atom. The lowest BCUT2D eigenvalue weighted by Crippen LogP contribution is -2.25. The van der Waals surface area contributed by atoms with Crippen molar-refractivity contribution in [3.05, 3.63) is 56.1 Å². The van der Waals surface area contributed by atoms with E-state index in [-0.39, 0.29) is 11.8 Å². The third-order valence-corrected chi connectivity index (χ3v) is 3.49. The molecule has 148 valence electrons. The Morgan fingerprint density at radius 1 is 0.964 bits per heavy atom. The van der Waals surface area contributed by atoms with Crippen molar-refractivity contribution < 1.29 is 41.3 Å². The number of non-ortho nitro benzene ring substituents is 1. The second kappa shape index (κ2) is 6.17. The summed E-state index contributed by atoms with van der Waals surface area (Å²) in [4.78, 5) is 19.5. The molecule has 0 spiro atoms. The van der Waals surface area contributed by atoms with E-state index in [1.165, 1.54) is 0 Å². The predicted molar refractivity (Wildman–Crippen MR) is 80.7 cm³/mol. The van der Waals surface area contributed by atoms with Gasteiger partial charge in [0.2, 0.25) is 0 Å². The number of hydrogen-bond acceptors (Lipinski definition) is 7. The highest BCUT2D eigenvalue weighted by molar-refractivity contribution is 5.77. The fraction of sp³-hybridized carbons (Fsp3) is 0.143. The second-order valence-corrected chi connectivity index (χ2v) is 5.35. The van der Waals surface area contributed by atoms with Gasteiger partial charge < -0.3 is 14.8 Å². The molecule has 0 unspecified atom stereocenters. The van der Waals surface area contributed by atoms with Crippen LogP contribution in [0, 0.1) is 20.2 Å². The highest BCUT2D eigenvalue weighted by atomic mass is 19.4. The molecule has 1 aliphatic rings. The summed E-state index contributed by atoms with van der Waals surface area (Å²) in [6, 6.07) is 3.26. The fourth-order valence-electron chi connectivity index (χ4n) is 2.39. The lowest BCUT2D eigenvalue weighted by atomic mass is 10.1. The zero-order valence-electron chi connectivity index (χ0n) is 13.1. The smallest absolute Gasteiger partial charge is 0.395 e. The number of nitro groups is 2. The zero-order valence-corrected chi connectivity index (χ0v) is 13.1. The van der Waals surface area contributed by atoms with Crippen LogP contribution in [-0.4, -0.2) is 16.1 Å². The zero-order chi connectivity index (χ0) is 20.9. The molecule has 2 aromatic carbocycles. The maximum atomic E-state index is 13.3. The summed E-state index contributed by atoms with van der Waals surface area (Å²) in [5, 5.41) is 24.1. The Morgan fingerprint density at radius 3 is 2.18 bits per heavy atom. The van der Waals surface area contributed by atoms with Gasteiger partial charge in [-0.1, -0.05) is 0 Å². The van der Waals surface area contributed by atoms with E-state index in [0.717, 1.165) is 18.2 Å². The minimum atomic E-state index is -5.19. The van der Waals surface area contributed by atoms with Crippen LogP contribution in [0.5, 0.6) is 11.5 Å². The Balaban J connectivity index is 2.11. The van der Waals surface area contributed by atoms with Crippen LogP contribution in [0.15, 0.2) is 30.3 Å². The molecule has 28 heavy (non-hydrogen) atoms. The molecule has 0 fully saturated rings. The van der Waals surface area contributed by atoms with Gasteiger partial charge in [0.15, 0.2) is 11.5 Å². The Bertz CT molecular complexity index is 994. The quantitative estimate of drug-likeness (QED) is 0.448. The van der Waals surface area contributed by atoms with Crippen LogP contribution in [0.1, 0.15) is 5.56 Å². The van der Waals surface area contributed by atoms with Gasteiger partial charge in [-0.2, -0.15) is 13.2 Å². The fourth-order valence-corrected chi connectivity index (χ4v) is 2.39. The molecule has 0 aromatic heterocycles. The molecular weight excluding hydrogens is 401 g/mol. The van der Waals surface area contributed by atoms with Crippen molar-refractivity contribution in [2.45, 2.75) is 12.5 Å². The molecule has 0 bridgehead atoms. The molecule has 9 nitrogen and oxygen atoms in total. The van der Waals surface area contributed by atoms with Gasteiger partial charge in [-0.15, -0.1) is 8.78 Å². The van der Waals surface area contributed by atoms with E-state index >= 15 is 0 Å². The van der Waals surface area contributed by atoms with Crippen molar-refractivity contribution in [2.24, 2.45) is 0 Å². The molecule has 0 saturated heterocycles. The summed E-state index contributed by atoms with van der Waals surface area (Å²) in [5.41, 5.74) is -5.45. The number of nitrogens with one attached hydrogen (secondary N) is 1. The summed E-state index contributed by atoms with van der Waals surface area (Å²) >= 11 is 0. The second-order valence-electron chi connectivity index (χ2n) is 5.35. The molecule has 3 rings (SSSR count). The first-order valence-electron chi connectivity index (χ1n) is 7.08. The van der Waals surface area contributed by atoms with Gasteiger partial charge in [0.05, 0.1) is 21.5 Å². The monoisotopic (exact) mass is 407 g/mol. The summed E-state index contributed by atoms with van der Waals surface area (Å²) in [6.07, 6.45) is -9.17. The maximum absolute atomic E-state index is 13.3. The summed E-state index contributed by atoms with van der Waals surface area (Å²) in [5.74, 6) is -0.919. The first-order valence-corrected chi connectivity index (χ1v) is 7.08. The van der Waals surface area contributed by atoms with E-state index in [1.807, 2.05) is 0 Å². The number of hydrogen-bond donors (Lipinski definition) is 1. The van der Waals surface area contributed by atoms with E-state index in [0.29, 0.717) is 6.07 Å². The standard InChI is InChI=1S/C14H6F5N3O6/c15-13(16,17)8-4-7(21(23)24)5-9(22(25)26)12(8)20-6-1-2-10-11(3-6)28-14(18,19)27-10/h1-5,20H. The highest BCUT2D eigenvalue weighted by Crippen LogP contribution is 2.46. The molecular formula is C14H6F5N3O6. The maximum Gasteiger partial charge on any atom is 0.586 e. The molecule has 0 saturated carbocycles. The van der Waals surface area contributed by atoms with Gasteiger partial charge in [-0.3, -0.25) is 20.2 Å². The van der Waals surface area contributed by atoms with Crippen molar-refractivity contribution in [1.29, 1.82) is 0 Å². The Labute approximate surface area is 150 Å². The normalized spacial score (nSPS) is 14.6. The van der Waals surface area contributed by atoms with Crippen LogP contribution >= 0.6 is 0 Å².